The van der Waals surface area contributed by atoms with Crippen LogP contribution in [-0.2, 0) is 6.54 Å². The van der Waals surface area contributed by atoms with Crippen molar-refractivity contribution in [3.63, 3.8) is 0 Å². The molecule has 0 amide bonds. The number of alkyl halides is 2. The first kappa shape index (κ1) is 11.9. The highest BCUT2D eigenvalue weighted by molar-refractivity contribution is 5.51. The first-order valence-corrected chi connectivity index (χ1v) is 4.07. The Bertz CT molecular complexity index is 470. The second kappa shape index (κ2) is 4.59. The molecule has 0 aliphatic heterocycles. The van der Waals surface area contributed by atoms with Gasteiger partial charge in [0, 0.05) is 6.54 Å². The van der Waals surface area contributed by atoms with E-state index in [0.717, 1.165) is 0 Å². The molecule has 0 fully saturated rings. The predicted molar refractivity (Wildman–Crippen MR) is 48.5 cm³/mol. The Labute approximate surface area is 88.5 Å². The molecule has 0 spiro atoms. The van der Waals surface area contributed by atoms with Gasteiger partial charge < -0.3 is 5.73 Å². The van der Waals surface area contributed by atoms with Crippen molar-refractivity contribution in [3.05, 3.63) is 33.1 Å². The Morgan fingerprint density at radius 1 is 1.69 bits per heavy atom. The second-order valence-corrected chi connectivity index (χ2v) is 2.76. The Morgan fingerprint density at radius 2 is 2.31 bits per heavy atom. The lowest BCUT2D eigenvalue weighted by Gasteiger charge is -2.06. The SMILES string of the molecule is N#Cc1c(C(F)F)ncc([N+](=O)[O-])c1CN. The maximum atomic E-state index is 12.4. The lowest BCUT2D eigenvalue weighted by Crippen LogP contribution is -2.09. The Balaban J connectivity index is 3.54. The van der Waals surface area contributed by atoms with E-state index in [2.05, 4.69) is 4.98 Å². The van der Waals surface area contributed by atoms with Crippen LogP contribution >= 0.6 is 0 Å². The number of nitrogens with two attached hydrogens (primary N) is 1. The summed E-state index contributed by atoms with van der Waals surface area (Å²) in [4.78, 5) is 12.9. The molecule has 0 atom stereocenters. The third-order valence-corrected chi connectivity index (χ3v) is 1.91. The average Bonchev–Trinajstić information content (AvgIpc) is 2.26. The molecular formula is C8H6F2N4O2. The molecular weight excluding hydrogens is 222 g/mol. The molecule has 16 heavy (non-hydrogen) atoms. The number of nitro groups is 1. The summed E-state index contributed by atoms with van der Waals surface area (Å²) in [6.07, 6.45) is -2.29. The molecule has 8 heteroatoms. The van der Waals surface area contributed by atoms with E-state index in [4.69, 9.17) is 11.0 Å². The van der Waals surface area contributed by atoms with Crippen LogP contribution in [0, 0.1) is 21.4 Å². The molecule has 1 aromatic heterocycles. The van der Waals surface area contributed by atoms with Gasteiger partial charge in [-0.3, -0.25) is 10.1 Å². The zero-order valence-electron chi connectivity index (χ0n) is 7.85. The minimum Gasteiger partial charge on any atom is -0.326 e. The highest BCUT2D eigenvalue weighted by Crippen LogP contribution is 2.28. The van der Waals surface area contributed by atoms with Gasteiger partial charge >= 0.3 is 0 Å². The highest BCUT2D eigenvalue weighted by Gasteiger charge is 2.24. The molecule has 84 valence electrons. The summed E-state index contributed by atoms with van der Waals surface area (Å²) in [5.41, 5.74) is 3.15. The molecule has 0 bridgehead atoms. The van der Waals surface area contributed by atoms with Crippen molar-refractivity contribution in [3.8, 4) is 6.07 Å². The van der Waals surface area contributed by atoms with Gasteiger partial charge in [-0.25, -0.2) is 13.8 Å². The van der Waals surface area contributed by atoms with Gasteiger partial charge in [0.2, 0.25) is 0 Å². The summed E-state index contributed by atoms with van der Waals surface area (Å²) in [5.74, 6) is 0. The van der Waals surface area contributed by atoms with E-state index in [1.807, 2.05) is 0 Å². The fraction of sp³-hybridized carbons (Fsp3) is 0.250. The Hall–Kier alpha value is -2.14. The van der Waals surface area contributed by atoms with Crippen LogP contribution in [0.3, 0.4) is 0 Å². The predicted octanol–water partition coefficient (Wildman–Crippen LogP) is 1.26. The van der Waals surface area contributed by atoms with Crippen LogP contribution in [0.4, 0.5) is 14.5 Å². The smallest absolute Gasteiger partial charge is 0.293 e. The van der Waals surface area contributed by atoms with Gasteiger partial charge in [0.25, 0.3) is 12.1 Å². The van der Waals surface area contributed by atoms with Crippen molar-refractivity contribution in [1.29, 1.82) is 5.26 Å². The average molecular weight is 228 g/mol. The molecule has 1 rings (SSSR count). The van der Waals surface area contributed by atoms with Crippen LogP contribution in [0.2, 0.25) is 0 Å². The van der Waals surface area contributed by atoms with Crippen molar-refractivity contribution >= 4 is 5.69 Å². The first-order chi connectivity index (χ1) is 7.52. The zero-order chi connectivity index (χ0) is 12.3. The molecule has 6 nitrogen and oxygen atoms in total. The lowest BCUT2D eigenvalue weighted by molar-refractivity contribution is -0.385. The Morgan fingerprint density at radius 3 is 2.69 bits per heavy atom. The van der Waals surface area contributed by atoms with Gasteiger partial charge in [0.05, 0.1) is 16.1 Å². The molecule has 0 radical (unpaired) electrons. The topological polar surface area (TPSA) is 106 Å². The molecule has 0 aliphatic rings. The summed E-state index contributed by atoms with van der Waals surface area (Å²) < 4.78 is 24.9. The summed E-state index contributed by atoms with van der Waals surface area (Å²) in [6.45, 7) is -0.374. The number of hydrogen-bond donors (Lipinski definition) is 1. The van der Waals surface area contributed by atoms with Crippen LogP contribution in [-0.4, -0.2) is 9.91 Å². The lowest BCUT2D eigenvalue weighted by atomic mass is 10.1. The summed E-state index contributed by atoms with van der Waals surface area (Å²) in [5, 5.41) is 19.2. The van der Waals surface area contributed by atoms with Crippen LogP contribution in [0.1, 0.15) is 23.2 Å². The van der Waals surface area contributed by atoms with E-state index in [9.17, 15) is 18.9 Å². The summed E-state index contributed by atoms with van der Waals surface area (Å²) in [6, 6.07) is 1.46. The van der Waals surface area contributed by atoms with Crippen molar-refractivity contribution in [2.45, 2.75) is 13.0 Å². The molecule has 0 aromatic carbocycles. The number of aromatic nitrogens is 1. The van der Waals surface area contributed by atoms with Crippen LogP contribution < -0.4 is 5.73 Å². The van der Waals surface area contributed by atoms with Crippen LogP contribution in [0.5, 0.6) is 0 Å². The molecule has 0 aliphatic carbocycles. The first-order valence-electron chi connectivity index (χ1n) is 4.07. The van der Waals surface area contributed by atoms with E-state index >= 15 is 0 Å². The van der Waals surface area contributed by atoms with E-state index < -0.39 is 28.3 Å². The monoisotopic (exact) mass is 228 g/mol. The molecule has 1 aromatic rings. The molecule has 0 unspecified atom stereocenters. The maximum absolute atomic E-state index is 12.4. The highest BCUT2D eigenvalue weighted by atomic mass is 19.3. The fourth-order valence-corrected chi connectivity index (χ4v) is 1.21. The molecule has 0 saturated heterocycles. The number of nitriles is 1. The van der Waals surface area contributed by atoms with Gasteiger partial charge in [0.1, 0.15) is 18.0 Å². The fourth-order valence-electron chi connectivity index (χ4n) is 1.21. The van der Waals surface area contributed by atoms with Crippen LogP contribution in [0.15, 0.2) is 6.20 Å². The minimum atomic E-state index is -2.97. The summed E-state index contributed by atoms with van der Waals surface area (Å²) >= 11 is 0. The number of hydrogen-bond acceptors (Lipinski definition) is 5. The maximum Gasteiger partial charge on any atom is 0.293 e. The van der Waals surface area contributed by atoms with E-state index in [-0.39, 0.29) is 12.1 Å². The molecule has 1 heterocycles. The number of rotatable bonds is 3. The number of pyridine rings is 1. The summed E-state index contributed by atoms with van der Waals surface area (Å²) in [7, 11) is 0. The van der Waals surface area contributed by atoms with Crippen molar-refractivity contribution in [2.75, 3.05) is 0 Å². The third-order valence-electron chi connectivity index (χ3n) is 1.91. The van der Waals surface area contributed by atoms with Gasteiger partial charge in [-0.15, -0.1) is 0 Å². The largest absolute Gasteiger partial charge is 0.326 e. The molecule has 0 saturated carbocycles. The zero-order valence-corrected chi connectivity index (χ0v) is 7.85. The van der Waals surface area contributed by atoms with Crippen LogP contribution in [0.25, 0.3) is 0 Å². The van der Waals surface area contributed by atoms with E-state index in [1.54, 1.807) is 0 Å². The van der Waals surface area contributed by atoms with Gasteiger partial charge in [0.15, 0.2) is 0 Å². The minimum absolute atomic E-state index is 0.224. The third kappa shape index (κ3) is 1.94. The number of halogens is 2. The normalized spacial score (nSPS) is 10.2. The van der Waals surface area contributed by atoms with Crippen molar-refractivity contribution in [2.24, 2.45) is 5.73 Å². The quantitative estimate of drug-likeness (QED) is 0.619. The van der Waals surface area contributed by atoms with Gasteiger partial charge in [-0.2, -0.15) is 5.26 Å². The van der Waals surface area contributed by atoms with Crippen molar-refractivity contribution < 1.29 is 13.7 Å². The van der Waals surface area contributed by atoms with Crippen molar-refractivity contribution in [1.82, 2.24) is 4.98 Å². The van der Waals surface area contributed by atoms with Gasteiger partial charge in [-0.1, -0.05) is 0 Å². The van der Waals surface area contributed by atoms with E-state index in [1.165, 1.54) is 6.07 Å². The second-order valence-electron chi connectivity index (χ2n) is 2.76. The van der Waals surface area contributed by atoms with E-state index in [0.29, 0.717) is 6.20 Å². The van der Waals surface area contributed by atoms with Gasteiger partial charge in [-0.05, 0) is 0 Å². The molecule has 2 N–H and O–H groups in total. The number of nitrogens with zero attached hydrogens (tertiary/aromatic N) is 3. The Kier molecular flexibility index (Phi) is 3.42. The standard InChI is InChI=1S/C8H6F2N4O2/c9-8(10)7-5(2-12)4(1-11)6(3-13-7)14(15)16/h3,8H,1,11H2.